The molecule has 0 bridgehead atoms. The van der Waals surface area contributed by atoms with Crippen LogP contribution < -0.4 is 20.5 Å². The average molecular weight is 475 g/mol. The first kappa shape index (κ1) is 24.7. The van der Waals surface area contributed by atoms with Crippen LogP contribution in [0.4, 0.5) is 5.69 Å². The molecule has 4 N–H and O–H groups in total. The highest BCUT2D eigenvalue weighted by Gasteiger charge is 2.29. The van der Waals surface area contributed by atoms with Gasteiger partial charge in [0.15, 0.2) is 0 Å². The van der Waals surface area contributed by atoms with Crippen LogP contribution in [0.15, 0.2) is 53.4 Å². The van der Waals surface area contributed by atoms with Crippen LogP contribution in [-0.4, -0.2) is 50.9 Å². The number of anilines is 1. The second kappa shape index (κ2) is 11.3. The van der Waals surface area contributed by atoms with Crippen molar-refractivity contribution in [2.24, 2.45) is 5.73 Å². The predicted octanol–water partition coefficient (Wildman–Crippen LogP) is 1.84. The number of hydrogen-bond donors (Lipinski definition) is 3. The summed E-state index contributed by atoms with van der Waals surface area (Å²) in [5, 5.41) is 2.84. The topological polar surface area (TPSA) is 131 Å². The van der Waals surface area contributed by atoms with Gasteiger partial charge in [-0.15, -0.1) is 0 Å². The molecule has 9 nitrogen and oxygen atoms in total. The van der Waals surface area contributed by atoms with Crippen molar-refractivity contribution >= 4 is 27.5 Å². The molecular weight excluding hydrogens is 444 g/mol. The number of nitrogens with one attached hydrogen (secondary N) is 2. The SMILES string of the molecule is CCOc1ccc(S(=O)(=O)NCCC(=O)Nc2ccccc2CN2CCCC2C(N)=O)cc1. The van der Waals surface area contributed by atoms with Crippen LogP contribution in [0.1, 0.15) is 31.7 Å². The van der Waals surface area contributed by atoms with Gasteiger partial charge in [-0.2, -0.15) is 0 Å². The normalized spacial score (nSPS) is 16.5. The van der Waals surface area contributed by atoms with Gasteiger partial charge in [0.05, 0.1) is 17.5 Å². The molecule has 2 aromatic carbocycles. The van der Waals surface area contributed by atoms with Crippen molar-refractivity contribution in [3.05, 3.63) is 54.1 Å². The van der Waals surface area contributed by atoms with E-state index in [1.165, 1.54) is 12.1 Å². The third-order valence-electron chi connectivity index (χ3n) is 5.45. The minimum atomic E-state index is -3.73. The largest absolute Gasteiger partial charge is 0.494 e. The van der Waals surface area contributed by atoms with E-state index in [1.54, 1.807) is 18.2 Å². The van der Waals surface area contributed by atoms with Gasteiger partial charge in [0.2, 0.25) is 21.8 Å². The molecule has 0 radical (unpaired) electrons. The van der Waals surface area contributed by atoms with Crippen LogP contribution in [0.3, 0.4) is 0 Å². The van der Waals surface area contributed by atoms with Gasteiger partial charge in [0.25, 0.3) is 0 Å². The van der Waals surface area contributed by atoms with E-state index in [0.29, 0.717) is 24.6 Å². The Morgan fingerprint density at radius 2 is 1.88 bits per heavy atom. The molecule has 33 heavy (non-hydrogen) atoms. The predicted molar refractivity (Wildman–Crippen MR) is 125 cm³/mol. The standard InChI is InChI=1S/C23H30N4O5S/c1-2-32-18-9-11-19(12-10-18)33(30,31)25-14-13-22(28)26-20-7-4-3-6-17(20)16-27-15-5-8-21(27)23(24)29/h3-4,6-7,9-12,21,25H,2,5,8,13-16H2,1H3,(H2,24,29)(H,26,28). The summed E-state index contributed by atoms with van der Waals surface area (Å²) in [6.07, 6.45) is 1.60. The van der Waals surface area contributed by atoms with Gasteiger partial charge in [0.1, 0.15) is 5.75 Å². The molecule has 178 valence electrons. The first-order chi connectivity index (χ1) is 15.8. The van der Waals surface area contributed by atoms with Gasteiger partial charge in [-0.25, -0.2) is 13.1 Å². The van der Waals surface area contributed by atoms with E-state index in [0.717, 1.165) is 24.9 Å². The summed E-state index contributed by atoms with van der Waals surface area (Å²) in [4.78, 5) is 26.2. The Balaban J connectivity index is 1.54. The summed E-state index contributed by atoms with van der Waals surface area (Å²) in [5.74, 6) is -0.0656. The molecule has 0 aromatic heterocycles. The summed E-state index contributed by atoms with van der Waals surface area (Å²) in [6, 6.07) is 13.1. The summed E-state index contributed by atoms with van der Waals surface area (Å²) in [5.41, 5.74) is 7.00. The van der Waals surface area contributed by atoms with Gasteiger partial charge in [-0.05, 0) is 62.2 Å². The third-order valence-corrected chi connectivity index (χ3v) is 6.92. The van der Waals surface area contributed by atoms with Crippen molar-refractivity contribution in [2.45, 2.75) is 43.7 Å². The number of para-hydroxylation sites is 1. The number of benzene rings is 2. The van der Waals surface area contributed by atoms with Gasteiger partial charge < -0.3 is 15.8 Å². The number of likely N-dealkylation sites (tertiary alicyclic amines) is 1. The zero-order valence-electron chi connectivity index (χ0n) is 18.6. The van der Waals surface area contributed by atoms with Crippen LogP contribution in [0, 0.1) is 0 Å². The fraction of sp³-hybridized carbons (Fsp3) is 0.391. The molecule has 1 atom stereocenters. The third kappa shape index (κ3) is 6.77. The maximum atomic E-state index is 12.5. The zero-order valence-corrected chi connectivity index (χ0v) is 19.4. The molecule has 1 saturated heterocycles. The number of amides is 2. The summed E-state index contributed by atoms with van der Waals surface area (Å²) < 4.78 is 32.7. The van der Waals surface area contributed by atoms with Crippen LogP contribution >= 0.6 is 0 Å². The minimum absolute atomic E-state index is 0.0295. The lowest BCUT2D eigenvalue weighted by Gasteiger charge is -2.23. The maximum Gasteiger partial charge on any atom is 0.240 e. The second-order valence-corrected chi connectivity index (χ2v) is 9.56. The number of primary amides is 1. The maximum absolute atomic E-state index is 12.5. The van der Waals surface area contributed by atoms with E-state index in [-0.39, 0.29) is 35.7 Å². The molecule has 10 heteroatoms. The van der Waals surface area contributed by atoms with Gasteiger partial charge in [-0.3, -0.25) is 14.5 Å². The summed E-state index contributed by atoms with van der Waals surface area (Å²) in [6.45, 7) is 3.56. The monoisotopic (exact) mass is 474 g/mol. The van der Waals surface area contributed by atoms with Gasteiger partial charge in [-0.1, -0.05) is 18.2 Å². The number of sulfonamides is 1. The Hall–Kier alpha value is -2.95. The van der Waals surface area contributed by atoms with E-state index in [1.807, 2.05) is 30.0 Å². The molecule has 1 aliphatic heterocycles. The average Bonchev–Trinajstić information content (AvgIpc) is 3.24. The highest BCUT2D eigenvalue weighted by atomic mass is 32.2. The lowest BCUT2D eigenvalue weighted by atomic mass is 10.1. The highest BCUT2D eigenvalue weighted by Crippen LogP contribution is 2.24. The number of nitrogens with two attached hydrogens (primary N) is 1. The first-order valence-corrected chi connectivity index (χ1v) is 12.4. The lowest BCUT2D eigenvalue weighted by molar-refractivity contribution is -0.122. The van der Waals surface area contributed by atoms with Crippen molar-refractivity contribution in [3.8, 4) is 5.75 Å². The first-order valence-electron chi connectivity index (χ1n) is 10.9. The van der Waals surface area contributed by atoms with Gasteiger partial charge in [0, 0.05) is 25.2 Å². The minimum Gasteiger partial charge on any atom is -0.494 e. The Kier molecular flexibility index (Phi) is 8.43. The van der Waals surface area contributed by atoms with Crippen LogP contribution in [0.2, 0.25) is 0 Å². The lowest BCUT2D eigenvalue weighted by Crippen LogP contribution is -2.39. The second-order valence-electron chi connectivity index (χ2n) is 7.79. The number of rotatable bonds is 11. The smallest absolute Gasteiger partial charge is 0.240 e. The molecule has 1 heterocycles. The quantitative estimate of drug-likeness (QED) is 0.456. The number of hydrogen-bond acceptors (Lipinski definition) is 6. The van der Waals surface area contributed by atoms with Crippen LogP contribution in [0.5, 0.6) is 5.75 Å². The number of carbonyl (C=O) groups excluding carboxylic acids is 2. The zero-order chi connectivity index (χ0) is 23.8. The molecule has 0 spiro atoms. The van der Waals surface area contributed by atoms with Crippen molar-refractivity contribution in [1.29, 1.82) is 0 Å². The molecule has 0 aliphatic carbocycles. The van der Waals surface area contributed by atoms with E-state index in [2.05, 4.69) is 10.0 Å². The van der Waals surface area contributed by atoms with E-state index in [9.17, 15) is 18.0 Å². The van der Waals surface area contributed by atoms with E-state index in [4.69, 9.17) is 10.5 Å². The van der Waals surface area contributed by atoms with Crippen molar-refractivity contribution in [1.82, 2.24) is 9.62 Å². The Labute approximate surface area is 194 Å². The molecular formula is C23H30N4O5S. The number of carbonyl (C=O) groups is 2. The molecule has 2 aromatic rings. The van der Waals surface area contributed by atoms with Gasteiger partial charge >= 0.3 is 0 Å². The van der Waals surface area contributed by atoms with Crippen molar-refractivity contribution < 1.29 is 22.7 Å². The number of ether oxygens (including phenoxy) is 1. The summed E-state index contributed by atoms with van der Waals surface area (Å²) in [7, 11) is -3.73. The molecule has 1 unspecified atom stereocenters. The molecule has 2 amide bonds. The van der Waals surface area contributed by atoms with E-state index < -0.39 is 10.0 Å². The fourth-order valence-corrected chi connectivity index (χ4v) is 4.85. The van der Waals surface area contributed by atoms with Crippen LogP contribution in [-0.2, 0) is 26.2 Å². The van der Waals surface area contributed by atoms with Crippen molar-refractivity contribution in [2.75, 3.05) is 25.0 Å². The van der Waals surface area contributed by atoms with Crippen molar-refractivity contribution in [3.63, 3.8) is 0 Å². The Morgan fingerprint density at radius 1 is 1.15 bits per heavy atom. The van der Waals surface area contributed by atoms with Crippen LogP contribution in [0.25, 0.3) is 0 Å². The number of nitrogens with zero attached hydrogens (tertiary/aromatic N) is 1. The molecule has 3 rings (SSSR count). The Morgan fingerprint density at radius 3 is 2.58 bits per heavy atom. The molecule has 1 fully saturated rings. The molecule has 0 saturated carbocycles. The highest BCUT2D eigenvalue weighted by molar-refractivity contribution is 7.89. The Bertz CT molecular complexity index is 1070. The van der Waals surface area contributed by atoms with E-state index >= 15 is 0 Å². The fourth-order valence-electron chi connectivity index (χ4n) is 3.81. The molecule has 1 aliphatic rings. The summed E-state index contributed by atoms with van der Waals surface area (Å²) >= 11 is 0.